The topological polar surface area (TPSA) is 46.5 Å². The molecule has 0 spiro atoms. The molecule has 1 unspecified atom stereocenters. The molecule has 5 nitrogen and oxygen atoms in total. The van der Waals surface area contributed by atoms with Crippen LogP contribution in [0.2, 0.25) is 5.02 Å². The van der Waals surface area contributed by atoms with Crippen LogP contribution in [-0.2, 0) is 22.3 Å². The molecular weight excluding hydrogens is 558 g/mol. The fourth-order valence-electron chi connectivity index (χ4n) is 5.29. The second-order valence-electron chi connectivity index (χ2n) is 10.2. The number of alkyl halides is 3. The molecule has 216 valence electrons. The first-order chi connectivity index (χ1) is 19.7. The van der Waals surface area contributed by atoms with Gasteiger partial charge in [0, 0.05) is 62.2 Å². The zero-order chi connectivity index (χ0) is 29.0. The van der Waals surface area contributed by atoms with Crippen LogP contribution in [0, 0.1) is 5.82 Å². The van der Waals surface area contributed by atoms with Gasteiger partial charge in [-0.25, -0.2) is 4.39 Å². The number of benzene rings is 3. The van der Waals surface area contributed by atoms with Gasteiger partial charge in [0.25, 0.3) is 0 Å². The normalized spacial score (nSPS) is 15.2. The summed E-state index contributed by atoms with van der Waals surface area (Å²) in [5.74, 6) is -1.27. The minimum atomic E-state index is -4.64. The lowest BCUT2D eigenvalue weighted by molar-refractivity contribution is -0.137. The van der Waals surface area contributed by atoms with Crippen LogP contribution >= 0.6 is 11.6 Å². The van der Waals surface area contributed by atoms with Gasteiger partial charge in [0.05, 0.1) is 23.8 Å². The van der Waals surface area contributed by atoms with Crippen LogP contribution in [0.1, 0.15) is 34.6 Å². The summed E-state index contributed by atoms with van der Waals surface area (Å²) in [6.45, 7) is 4.39. The fourth-order valence-corrected chi connectivity index (χ4v) is 5.51. The Labute approximate surface area is 240 Å². The zero-order valence-corrected chi connectivity index (χ0v) is 23.0. The van der Waals surface area contributed by atoms with E-state index in [9.17, 15) is 22.4 Å². The summed E-state index contributed by atoms with van der Waals surface area (Å²) >= 11 is 5.94. The first-order valence-corrected chi connectivity index (χ1v) is 13.8. The van der Waals surface area contributed by atoms with Crippen molar-refractivity contribution in [3.8, 4) is 0 Å². The molecule has 41 heavy (non-hydrogen) atoms. The minimum Gasteiger partial charge on any atom is -0.379 e. The Kier molecular flexibility index (Phi) is 8.97. The van der Waals surface area contributed by atoms with Crippen LogP contribution in [0.5, 0.6) is 0 Å². The molecule has 1 saturated heterocycles. The maximum atomic E-state index is 13.8. The second-order valence-corrected chi connectivity index (χ2v) is 10.6. The third-order valence-electron chi connectivity index (χ3n) is 7.40. The van der Waals surface area contributed by atoms with Gasteiger partial charge in [-0.05, 0) is 47.0 Å². The highest BCUT2D eigenvalue weighted by Gasteiger charge is 2.34. The van der Waals surface area contributed by atoms with Crippen molar-refractivity contribution >= 4 is 28.4 Å². The van der Waals surface area contributed by atoms with E-state index in [-0.39, 0.29) is 18.1 Å². The van der Waals surface area contributed by atoms with Crippen LogP contribution in [0.3, 0.4) is 0 Å². The zero-order valence-electron chi connectivity index (χ0n) is 22.3. The summed E-state index contributed by atoms with van der Waals surface area (Å²) in [6.07, 6.45) is -2.82. The van der Waals surface area contributed by atoms with Crippen molar-refractivity contribution in [1.82, 2.24) is 14.8 Å². The smallest absolute Gasteiger partial charge is 0.379 e. The average molecular weight is 588 g/mol. The van der Waals surface area contributed by atoms with Crippen LogP contribution in [0.15, 0.2) is 72.9 Å². The Morgan fingerprint density at radius 1 is 1.02 bits per heavy atom. The van der Waals surface area contributed by atoms with Gasteiger partial charge in [-0.15, -0.1) is 0 Å². The highest BCUT2D eigenvalue weighted by molar-refractivity contribution is 6.31. The van der Waals surface area contributed by atoms with Gasteiger partial charge in [-0.3, -0.25) is 9.69 Å². The van der Waals surface area contributed by atoms with E-state index in [1.54, 1.807) is 18.2 Å². The van der Waals surface area contributed by atoms with E-state index in [1.807, 2.05) is 35.0 Å². The minimum absolute atomic E-state index is 0.0490. The van der Waals surface area contributed by atoms with Crippen LogP contribution in [0.25, 0.3) is 10.9 Å². The Hall–Kier alpha value is -3.40. The number of fused-ring (bicyclic) bond motifs is 1. The lowest BCUT2D eigenvalue weighted by Gasteiger charge is -2.26. The molecule has 1 atom stereocenters. The molecular formula is C31H30ClF4N3O2. The monoisotopic (exact) mass is 587 g/mol. The summed E-state index contributed by atoms with van der Waals surface area (Å²) < 4.78 is 62.3. The number of nitrogens with zero attached hydrogens (tertiary/aromatic N) is 2. The lowest BCUT2D eigenvalue weighted by Crippen LogP contribution is -2.41. The maximum absolute atomic E-state index is 13.8. The number of carbonyl (C=O) groups excluding carboxylic acids is 1. The van der Waals surface area contributed by atoms with Crippen molar-refractivity contribution in [3.05, 3.63) is 106 Å². The summed E-state index contributed by atoms with van der Waals surface area (Å²) in [5, 5.41) is 3.37. The number of nitrogens with one attached hydrogen (secondary N) is 1. The number of morpholine rings is 1. The SMILES string of the molecule is O=C(CC(c1ccc(Cl)c(C(F)(F)F)c1)c1cn(Cc2ccc(F)cc2)c2ccccc12)NCCN1CCOCC1. The molecule has 10 heteroatoms. The van der Waals surface area contributed by atoms with E-state index in [0.717, 1.165) is 41.2 Å². The van der Waals surface area contributed by atoms with Crippen molar-refractivity contribution in [1.29, 1.82) is 0 Å². The second kappa shape index (κ2) is 12.6. The summed E-state index contributed by atoms with van der Waals surface area (Å²) in [4.78, 5) is 15.4. The van der Waals surface area contributed by atoms with E-state index >= 15 is 0 Å². The Bertz CT molecular complexity index is 1500. The summed E-state index contributed by atoms with van der Waals surface area (Å²) in [6, 6.07) is 17.5. The van der Waals surface area contributed by atoms with E-state index < -0.39 is 22.7 Å². The largest absolute Gasteiger partial charge is 0.417 e. The molecule has 1 aliphatic rings. The number of rotatable bonds is 9. The van der Waals surface area contributed by atoms with E-state index in [2.05, 4.69) is 10.2 Å². The lowest BCUT2D eigenvalue weighted by atomic mass is 9.87. The standard InChI is InChI=1S/C31H30ClF4N3O2/c32-28-10-7-22(17-27(28)31(34,35)36)25(18-30(40)37-11-12-38-13-15-41-16-14-38)26-20-39(29-4-2-1-3-24(26)29)19-21-5-8-23(33)9-6-21/h1-10,17,20,25H,11-16,18-19H2,(H,37,40). The van der Waals surface area contributed by atoms with Crippen LogP contribution in [0.4, 0.5) is 17.6 Å². The van der Waals surface area contributed by atoms with Gasteiger partial charge in [0.15, 0.2) is 0 Å². The third-order valence-corrected chi connectivity index (χ3v) is 7.73. The molecule has 1 fully saturated rings. The number of hydrogen-bond acceptors (Lipinski definition) is 3. The summed E-state index contributed by atoms with van der Waals surface area (Å²) in [7, 11) is 0. The van der Waals surface area contributed by atoms with Gasteiger partial charge in [0.1, 0.15) is 5.82 Å². The van der Waals surface area contributed by atoms with Gasteiger partial charge < -0.3 is 14.6 Å². The number of halogens is 5. The predicted molar refractivity (Wildman–Crippen MR) is 151 cm³/mol. The number of aromatic nitrogens is 1. The van der Waals surface area contributed by atoms with Crippen LogP contribution in [-0.4, -0.2) is 54.8 Å². The quantitative estimate of drug-likeness (QED) is 0.228. The van der Waals surface area contributed by atoms with Crippen molar-refractivity contribution in [2.75, 3.05) is 39.4 Å². The van der Waals surface area contributed by atoms with E-state index in [1.165, 1.54) is 18.2 Å². The molecule has 0 aliphatic carbocycles. The molecule has 2 heterocycles. The average Bonchev–Trinajstić information content (AvgIpc) is 3.31. The van der Waals surface area contributed by atoms with E-state index in [0.29, 0.717) is 38.4 Å². The fraction of sp³-hybridized carbons (Fsp3) is 0.323. The number of hydrogen-bond donors (Lipinski definition) is 1. The highest BCUT2D eigenvalue weighted by atomic mass is 35.5. The molecule has 0 radical (unpaired) electrons. The van der Waals surface area contributed by atoms with Crippen LogP contribution < -0.4 is 5.32 Å². The molecule has 1 amide bonds. The number of ether oxygens (including phenoxy) is 1. The molecule has 3 aromatic carbocycles. The number of carbonyl (C=O) groups is 1. The number of para-hydroxylation sites is 1. The third kappa shape index (κ3) is 7.09. The van der Waals surface area contributed by atoms with Crippen molar-refractivity contribution in [2.24, 2.45) is 0 Å². The molecule has 1 aromatic heterocycles. The first-order valence-electron chi connectivity index (χ1n) is 13.4. The van der Waals surface area contributed by atoms with Gasteiger partial charge in [-0.1, -0.05) is 48.0 Å². The molecule has 4 aromatic rings. The van der Waals surface area contributed by atoms with Gasteiger partial charge >= 0.3 is 6.18 Å². The van der Waals surface area contributed by atoms with Gasteiger partial charge in [-0.2, -0.15) is 13.2 Å². The predicted octanol–water partition coefficient (Wildman–Crippen LogP) is 6.47. The first kappa shape index (κ1) is 29.1. The van der Waals surface area contributed by atoms with Crippen molar-refractivity contribution in [3.63, 3.8) is 0 Å². The molecule has 0 bridgehead atoms. The number of amides is 1. The molecule has 1 aliphatic heterocycles. The van der Waals surface area contributed by atoms with E-state index in [4.69, 9.17) is 16.3 Å². The van der Waals surface area contributed by atoms with Crippen molar-refractivity contribution in [2.45, 2.75) is 25.1 Å². The maximum Gasteiger partial charge on any atom is 0.417 e. The Morgan fingerprint density at radius 2 is 1.76 bits per heavy atom. The summed E-state index contributed by atoms with van der Waals surface area (Å²) in [5.41, 5.74) is 1.84. The Balaban J connectivity index is 1.48. The highest BCUT2D eigenvalue weighted by Crippen LogP contribution is 2.40. The van der Waals surface area contributed by atoms with Crippen molar-refractivity contribution < 1.29 is 27.1 Å². The Morgan fingerprint density at radius 3 is 2.49 bits per heavy atom. The molecule has 5 rings (SSSR count). The molecule has 0 saturated carbocycles. The van der Waals surface area contributed by atoms with Gasteiger partial charge in [0.2, 0.25) is 5.91 Å². The molecule has 1 N–H and O–H groups in total.